The van der Waals surface area contributed by atoms with Gasteiger partial charge in [0.25, 0.3) is 0 Å². The van der Waals surface area contributed by atoms with Gasteiger partial charge in [-0.05, 0) is 49.1 Å². The number of amides is 1. The van der Waals surface area contributed by atoms with Crippen LogP contribution >= 0.6 is 12.4 Å². The fourth-order valence-corrected chi connectivity index (χ4v) is 2.29. The third-order valence-corrected chi connectivity index (χ3v) is 3.75. The lowest BCUT2D eigenvalue weighted by Gasteiger charge is -2.15. The van der Waals surface area contributed by atoms with Crippen LogP contribution in [0.5, 0.6) is 0 Å². The Labute approximate surface area is 142 Å². The minimum Gasteiger partial charge on any atom is -0.399 e. The van der Waals surface area contributed by atoms with Crippen molar-refractivity contribution in [3.63, 3.8) is 0 Å². The quantitative estimate of drug-likeness (QED) is 0.812. The molecular formula is C18H22ClFN2O. The highest BCUT2D eigenvalue weighted by molar-refractivity contribution is 5.85. The second-order valence-corrected chi connectivity index (χ2v) is 5.50. The normalized spacial score (nSPS) is 11.4. The van der Waals surface area contributed by atoms with Gasteiger partial charge >= 0.3 is 0 Å². The van der Waals surface area contributed by atoms with E-state index >= 15 is 0 Å². The van der Waals surface area contributed by atoms with Crippen molar-refractivity contribution >= 4 is 24.0 Å². The molecule has 0 radical (unpaired) electrons. The van der Waals surface area contributed by atoms with Crippen LogP contribution in [0.3, 0.4) is 0 Å². The second-order valence-electron chi connectivity index (χ2n) is 5.50. The van der Waals surface area contributed by atoms with Crippen molar-refractivity contribution in [2.45, 2.75) is 32.7 Å². The van der Waals surface area contributed by atoms with Crippen molar-refractivity contribution in [3.8, 4) is 0 Å². The van der Waals surface area contributed by atoms with Crippen LogP contribution in [-0.4, -0.2) is 5.91 Å². The van der Waals surface area contributed by atoms with E-state index in [0.29, 0.717) is 24.1 Å². The van der Waals surface area contributed by atoms with Crippen LogP contribution in [0.1, 0.15) is 36.1 Å². The molecule has 0 aliphatic heterocycles. The number of nitrogens with two attached hydrogens (primary N) is 1. The molecule has 2 aromatic carbocycles. The molecule has 0 heterocycles. The topological polar surface area (TPSA) is 55.1 Å². The van der Waals surface area contributed by atoms with E-state index in [0.717, 1.165) is 11.1 Å². The first-order chi connectivity index (χ1) is 10.5. The Balaban J connectivity index is 0.00000264. The number of rotatable bonds is 5. The Bertz CT molecular complexity index is 676. The monoisotopic (exact) mass is 336 g/mol. The van der Waals surface area contributed by atoms with Crippen LogP contribution in [0, 0.1) is 12.7 Å². The number of hydrogen-bond donors (Lipinski definition) is 2. The number of carbonyl (C=O) groups excluding carboxylic acids is 1. The number of para-hydroxylation sites is 1. The van der Waals surface area contributed by atoms with Crippen molar-refractivity contribution in [1.82, 2.24) is 5.32 Å². The zero-order valence-corrected chi connectivity index (χ0v) is 14.1. The SMILES string of the molecule is Cc1ccc(C(C)NC(=O)CCc2ccccc2N)cc1F.Cl. The van der Waals surface area contributed by atoms with E-state index in [4.69, 9.17) is 5.73 Å². The minimum atomic E-state index is -0.254. The summed E-state index contributed by atoms with van der Waals surface area (Å²) in [6.45, 7) is 3.56. The maximum Gasteiger partial charge on any atom is 0.220 e. The van der Waals surface area contributed by atoms with Crippen LogP contribution in [-0.2, 0) is 11.2 Å². The Kier molecular flexibility index (Phi) is 7.04. The number of benzene rings is 2. The Hall–Kier alpha value is -2.07. The molecule has 1 amide bonds. The summed E-state index contributed by atoms with van der Waals surface area (Å²) in [7, 11) is 0. The highest BCUT2D eigenvalue weighted by atomic mass is 35.5. The number of carbonyl (C=O) groups is 1. The largest absolute Gasteiger partial charge is 0.399 e. The number of anilines is 1. The summed E-state index contributed by atoms with van der Waals surface area (Å²) < 4.78 is 13.6. The van der Waals surface area contributed by atoms with E-state index in [9.17, 15) is 9.18 Å². The molecule has 2 aromatic rings. The van der Waals surface area contributed by atoms with Gasteiger partial charge in [-0.3, -0.25) is 4.79 Å². The molecule has 124 valence electrons. The molecule has 0 aliphatic rings. The Morgan fingerprint density at radius 2 is 1.96 bits per heavy atom. The Morgan fingerprint density at radius 3 is 2.61 bits per heavy atom. The summed E-state index contributed by atoms with van der Waals surface area (Å²) in [6, 6.07) is 12.3. The van der Waals surface area contributed by atoms with Gasteiger partial charge in [-0.25, -0.2) is 4.39 Å². The summed E-state index contributed by atoms with van der Waals surface area (Å²) >= 11 is 0. The highest BCUT2D eigenvalue weighted by Gasteiger charge is 2.11. The number of nitrogens with one attached hydrogen (secondary N) is 1. The second kappa shape index (κ2) is 8.53. The molecule has 1 atom stereocenters. The first-order valence-corrected chi connectivity index (χ1v) is 7.36. The summed E-state index contributed by atoms with van der Waals surface area (Å²) in [5, 5.41) is 2.89. The molecule has 0 saturated carbocycles. The van der Waals surface area contributed by atoms with Gasteiger partial charge in [0.05, 0.1) is 6.04 Å². The minimum absolute atomic E-state index is 0. The maximum absolute atomic E-state index is 13.6. The fourth-order valence-electron chi connectivity index (χ4n) is 2.29. The maximum atomic E-state index is 13.6. The lowest BCUT2D eigenvalue weighted by atomic mass is 10.0. The van der Waals surface area contributed by atoms with E-state index in [1.165, 1.54) is 6.07 Å². The van der Waals surface area contributed by atoms with Gasteiger partial charge in [-0.2, -0.15) is 0 Å². The molecule has 2 rings (SSSR count). The van der Waals surface area contributed by atoms with Gasteiger partial charge in [-0.15, -0.1) is 12.4 Å². The van der Waals surface area contributed by atoms with Crippen molar-refractivity contribution < 1.29 is 9.18 Å². The average molecular weight is 337 g/mol. The van der Waals surface area contributed by atoms with Crippen LogP contribution in [0.4, 0.5) is 10.1 Å². The van der Waals surface area contributed by atoms with Gasteiger partial charge < -0.3 is 11.1 Å². The number of hydrogen-bond acceptors (Lipinski definition) is 2. The van der Waals surface area contributed by atoms with Gasteiger partial charge in [0.1, 0.15) is 5.82 Å². The molecule has 0 spiro atoms. The van der Waals surface area contributed by atoms with Gasteiger partial charge in [0.15, 0.2) is 0 Å². The van der Waals surface area contributed by atoms with Crippen LogP contribution in [0.25, 0.3) is 0 Å². The number of nitrogen functional groups attached to an aromatic ring is 1. The van der Waals surface area contributed by atoms with Crippen LogP contribution in [0.2, 0.25) is 0 Å². The third kappa shape index (κ3) is 5.25. The predicted octanol–water partition coefficient (Wildman–Crippen LogP) is 3.95. The molecule has 1 unspecified atom stereocenters. The smallest absolute Gasteiger partial charge is 0.220 e. The number of aryl methyl sites for hydroxylation is 2. The molecule has 3 nitrogen and oxygen atoms in total. The summed E-state index contributed by atoms with van der Waals surface area (Å²) in [5.74, 6) is -0.326. The lowest BCUT2D eigenvalue weighted by Crippen LogP contribution is -2.27. The van der Waals surface area contributed by atoms with Crippen LogP contribution < -0.4 is 11.1 Å². The molecular weight excluding hydrogens is 315 g/mol. The van der Waals surface area contributed by atoms with E-state index in [-0.39, 0.29) is 30.2 Å². The van der Waals surface area contributed by atoms with Gasteiger partial charge in [0, 0.05) is 12.1 Å². The van der Waals surface area contributed by atoms with Crippen molar-refractivity contribution in [2.24, 2.45) is 0 Å². The zero-order chi connectivity index (χ0) is 16.1. The first-order valence-electron chi connectivity index (χ1n) is 7.36. The van der Waals surface area contributed by atoms with Crippen molar-refractivity contribution in [1.29, 1.82) is 0 Å². The molecule has 5 heteroatoms. The molecule has 0 fully saturated rings. The average Bonchev–Trinajstić information content (AvgIpc) is 2.49. The molecule has 0 saturated heterocycles. The third-order valence-electron chi connectivity index (χ3n) is 3.75. The predicted molar refractivity (Wildman–Crippen MR) is 94.1 cm³/mol. The van der Waals surface area contributed by atoms with Crippen molar-refractivity contribution in [2.75, 3.05) is 5.73 Å². The van der Waals surface area contributed by atoms with Gasteiger partial charge in [0.2, 0.25) is 5.91 Å². The summed E-state index contributed by atoms with van der Waals surface area (Å²) in [6.07, 6.45) is 0.945. The standard InChI is InChI=1S/C18H21FN2O.ClH/c1-12-7-8-15(11-16(12)19)13(2)21-18(22)10-9-14-5-3-4-6-17(14)20;/h3-8,11,13H,9-10,20H2,1-2H3,(H,21,22);1H. The van der Waals surface area contributed by atoms with E-state index in [1.807, 2.05) is 37.3 Å². The Morgan fingerprint density at radius 1 is 1.26 bits per heavy atom. The van der Waals surface area contributed by atoms with E-state index < -0.39 is 0 Å². The molecule has 0 bridgehead atoms. The molecule has 23 heavy (non-hydrogen) atoms. The summed E-state index contributed by atoms with van der Waals surface area (Å²) in [5.41, 5.74) is 8.88. The first kappa shape index (κ1) is 19.0. The van der Waals surface area contributed by atoms with Crippen LogP contribution in [0.15, 0.2) is 42.5 Å². The van der Waals surface area contributed by atoms with Gasteiger partial charge in [-0.1, -0.05) is 30.3 Å². The summed E-state index contributed by atoms with van der Waals surface area (Å²) in [4.78, 5) is 12.0. The molecule has 0 aromatic heterocycles. The molecule has 3 N–H and O–H groups in total. The lowest BCUT2D eigenvalue weighted by molar-refractivity contribution is -0.121. The zero-order valence-electron chi connectivity index (χ0n) is 13.3. The molecule has 0 aliphatic carbocycles. The van der Waals surface area contributed by atoms with E-state index in [1.54, 1.807) is 13.0 Å². The van der Waals surface area contributed by atoms with E-state index in [2.05, 4.69) is 5.32 Å². The number of halogens is 2. The van der Waals surface area contributed by atoms with Crippen molar-refractivity contribution in [3.05, 3.63) is 65.0 Å². The fraction of sp³-hybridized carbons (Fsp3) is 0.278. The highest BCUT2D eigenvalue weighted by Crippen LogP contribution is 2.17.